The van der Waals surface area contributed by atoms with Crippen molar-refractivity contribution in [2.75, 3.05) is 19.4 Å². The fourth-order valence-corrected chi connectivity index (χ4v) is 2.26. The maximum absolute atomic E-state index is 12.4. The number of hydrogen-bond donors (Lipinski definition) is 1. The molecule has 0 aliphatic heterocycles. The van der Waals surface area contributed by atoms with Gasteiger partial charge in [0, 0.05) is 43.9 Å². The average Bonchev–Trinajstić information content (AvgIpc) is 3.16. The molecule has 1 N–H and O–H groups in total. The highest BCUT2D eigenvalue weighted by Gasteiger charge is 2.11. The first-order chi connectivity index (χ1) is 12.0. The Morgan fingerprint density at radius 2 is 1.96 bits per heavy atom. The number of hydrogen-bond acceptors (Lipinski definition) is 4. The molecule has 7 nitrogen and oxygen atoms in total. The number of nitrogens with one attached hydrogen (secondary N) is 1. The Morgan fingerprint density at radius 3 is 2.60 bits per heavy atom. The van der Waals surface area contributed by atoms with E-state index in [-0.39, 0.29) is 11.8 Å². The fraction of sp³-hybridized carbons (Fsp3) is 0.111. The third kappa shape index (κ3) is 3.72. The van der Waals surface area contributed by atoms with Crippen molar-refractivity contribution in [3.05, 3.63) is 72.4 Å². The lowest BCUT2D eigenvalue weighted by Gasteiger charge is -2.11. The molecule has 2 aromatic heterocycles. The molecule has 0 aliphatic carbocycles. The second-order valence-electron chi connectivity index (χ2n) is 5.61. The van der Waals surface area contributed by atoms with E-state index in [1.165, 1.54) is 11.1 Å². The van der Waals surface area contributed by atoms with Gasteiger partial charge in [-0.05, 0) is 30.3 Å². The van der Waals surface area contributed by atoms with Crippen LogP contribution >= 0.6 is 0 Å². The Labute approximate surface area is 144 Å². The number of benzene rings is 1. The molecule has 0 atom stereocenters. The number of rotatable bonds is 4. The second kappa shape index (κ2) is 6.96. The highest BCUT2D eigenvalue weighted by molar-refractivity contribution is 6.05. The molecule has 3 rings (SSSR count). The predicted octanol–water partition coefficient (Wildman–Crippen LogP) is 2.22. The van der Waals surface area contributed by atoms with Gasteiger partial charge in [-0.2, -0.15) is 0 Å². The van der Waals surface area contributed by atoms with Gasteiger partial charge < -0.3 is 10.2 Å². The lowest BCUT2D eigenvalue weighted by molar-refractivity contribution is 0.0827. The standard InChI is InChI=1S/C18H17N5O2/c1-22(2)18(25)13-4-3-5-15(10-13)21-17(24)14-6-7-16(20-11-14)23-9-8-19-12-23/h3-12H,1-2H3,(H,21,24). The Kier molecular flexibility index (Phi) is 4.56. The molecule has 3 aromatic rings. The lowest BCUT2D eigenvalue weighted by Crippen LogP contribution is -2.22. The van der Waals surface area contributed by atoms with Crippen molar-refractivity contribution >= 4 is 17.5 Å². The summed E-state index contributed by atoms with van der Waals surface area (Å²) < 4.78 is 1.75. The maximum Gasteiger partial charge on any atom is 0.257 e. The van der Waals surface area contributed by atoms with Crippen LogP contribution in [0.5, 0.6) is 0 Å². The molecule has 0 aliphatic rings. The zero-order valence-corrected chi connectivity index (χ0v) is 13.9. The molecule has 0 fully saturated rings. The molecule has 0 spiro atoms. The number of anilines is 1. The number of pyridine rings is 1. The smallest absolute Gasteiger partial charge is 0.257 e. The summed E-state index contributed by atoms with van der Waals surface area (Å²) in [6.07, 6.45) is 6.56. The number of nitrogens with zero attached hydrogens (tertiary/aromatic N) is 4. The van der Waals surface area contributed by atoms with Gasteiger partial charge >= 0.3 is 0 Å². The van der Waals surface area contributed by atoms with E-state index in [1.54, 1.807) is 73.8 Å². The average molecular weight is 335 g/mol. The summed E-state index contributed by atoms with van der Waals surface area (Å²) >= 11 is 0. The van der Waals surface area contributed by atoms with Crippen molar-refractivity contribution in [2.24, 2.45) is 0 Å². The highest BCUT2D eigenvalue weighted by Crippen LogP contribution is 2.14. The first-order valence-corrected chi connectivity index (χ1v) is 7.62. The van der Waals surface area contributed by atoms with Crippen LogP contribution in [-0.2, 0) is 0 Å². The molecule has 0 unspecified atom stereocenters. The SMILES string of the molecule is CN(C)C(=O)c1cccc(NC(=O)c2ccc(-n3ccnc3)nc2)c1. The van der Waals surface area contributed by atoms with Gasteiger partial charge in [0.15, 0.2) is 0 Å². The largest absolute Gasteiger partial charge is 0.345 e. The molecule has 7 heteroatoms. The van der Waals surface area contributed by atoms with E-state index in [9.17, 15) is 9.59 Å². The second-order valence-corrected chi connectivity index (χ2v) is 5.61. The van der Waals surface area contributed by atoms with Gasteiger partial charge in [-0.3, -0.25) is 14.2 Å². The van der Waals surface area contributed by atoms with Crippen LogP contribution in [-0.4, -0.2) is 45.3 Å². The molecule has 0 bridgehead atoms. The summed E-state index contributed by atoms with van der Waals surface area (Å²) in [5.41, 5.74) is 1.49. The molecule has 1 aromatic carbocycles. The minimum absolute atomic E-state index is 0.123. The van der Waals surface area contributed by atoms with Crippen molar-refractivity contribution in [2.45, 2.75) is 0 Å². The van der Waals surface area contributed by atoms with Gasteiger partial charge in [0.1, 0.15) is 12.1 Å². The van der Waals surface area contributed by atoms with Crippen molar-refractivity contribution in [1.29, 1.82) is 0 Å². The van der Waals surface area contributed by atoms with Gasteiger partial charge in [0.25, 0.3) is 11.8 Å². The number of aromatic nitrogens is 3. The van der Waals surface area contributed by atoms with Crippen molar-refractivity contribution in [3.8, 4) is 5.82 Å². The van der Waals surface area contributed by atoms with E-state index in [4.69, 9.17) is 0 Å². The van der Waals surface area contributed by atoms with E-state index in [0.29, 0.717) is 22.6 Å². The molecule has 25 heavy (non-hydrogen) atoms. The molecule has 2 amide bonds. The van der Waals surface area contributed by atoms with Crippen molar-refractivity contribution < 1.29 is 9.59 Å². The monoisotopic (exact) mass is 335 g/mol. The van der Waals surface area contributed by atoms with Gasteiger partial charge in [-0.15, -0.1) is 0 Å². The van der Waals surface area contributed by atoms with Crippen LogP contribution in [0.3, 0.4) is 0 Å². The van der Waals surface area contributed by atoms with Gasteiger partial charge in [0.2, 0.25) is 0 Å². The fourth-order valence-electron chi connectivity index (χ4n) is 2.26. The summed E-state index contributed by atoms with van der Waals surface area (Å²) in [5.74, 6) is 0.259. The molecule has 0 saturated heterocycles. The third-order valence-electron chi connectivity index (χ3n) is 3.55. The molecule has 0 radical (unpaired) electrons. The first-order valence-electron chi connectivity index (χ1n) is 7.62. The molecular weight excluding hydrogens is 318 g/mol. The quantitative estimate of drug-likeness (QED) is 0.793. The highest BCUT2D eigenvalue weighted by atomic mass is 16.2. The summed E-state index contributed by atoms with van der Waals surface area (Å²) in [5, 5.41) is 2.78. The lowest BCUT2D eigenvalue weighted by atomic mass is 10.1. The van der Waals surface area contributed by atoms with Gasteiger partial charge in [-0.1, -0.05) is 6.07 Å². The van der Waals surface area contributed by atoms with Crippen LogP contribution in [0.2, 0.25) is 0 Å². The normalized spacial score (nSPS) is 10.3. The summed E-state index contributed by atoms with van der Waals surface area (Å²) in [4.78, 5) is 34.1. The molecule has 0 saturated carbocycles. The van der Waals surface area contributed by atoms with E-state index < -0.39 is 0 Å². The van der Waals surface area contributed by atoms with E-state index in [2.05, 4.69) is 15.3 Å². The van der Waals surface area contributed by atoms with Crippen LogP contribution < -0.4 is 5.32 Å². The minimum Gasteiger partial charge on any atom is -0.345 e. The van der Waals surface area contributed by atoms with Crippen LogP contribution in [0.25, 0.3) is 5.82 Å². The topological polar surface area (TPSA) is 80.1 Å². The summed E-state index contributed by atoms with van der Waals surface area (Å²) in [6, 6.07) is 10.2. The van der Waals surface area contributed by atoms with E-state index >= 15 is 0 Å². The Hall–Kier alpha value is -3.48. The van der Waals surface area contributed by atoms with Crippen molar-refractivity contribution in [1.82, 2.24) is 19.4 Å². The van der Waals surface area contributed by atoms with Crippen molar-refractivity contribution in [3.63, 3.8) is 0 Å². The summed E-state index contributed by atoms with van der Waals surface area (Å²) in [7, 11) is 3.36. The van der Waals surface area contributed by atoms with Gasteiger partial charge in [-0.25, -0.2) is 9.97 Å². The van der Waals surface area contributed by atoms with Crippen LogP contribution in [0.1, 0.15) is 20.7 Å². The Balaban J connectivity index is 1.74. The maximum atomic E-state index is 12.4. The van der Waals surface area contributed by atoms with Gasteiger partial charge in [0.05, 0.1) is 5.56 Å². The molecule has 2 heterocycles. The number of carbonyl (C=O) groups is 2. The Bertz CT molecular complexity index is 886. The van der Waals surface area contributed by atoms with Crippen LogP contribution in [0.4, 0.5) is 5.69 Å². The first kappa shape index (κ1) is 16.4. The third-order valence-corrected chi connectivity index (χ3v) is 3.55. The van der Waals surface area contributed by atoms with Crippen LogP contribution in [0, 0.1) is 0 Å². The molecule has 126 valence electrons. The number of amides is 2. The zero-order valence-electron chi connectivity index (χ0n) is 13.9. The van der Waals surface area contributed by atoms with E-state index in [1.807, 2.05) is 0 Å². The van der Waals surface area contributed by atoms with Crippen LogP contribution in [0.15, 0.2) is 61.3 Å². The molecular formula is C18H17N5O2. The zero-order chi connectivity index (χ0) is 17.8. The summed E-state index contributed by atoms with van der Waals surface area (Å²) in [6.45, 7) is 0. The predicted molar refractivity (Wildman–Crippen MR) is 93.8 cm³/mol. The minimum atomic E-state index is -0.292. The number of carbonyl (C=O) groups excluding carboxylic acids is 2. The number of imidazole rings is 1. The Morgan fingerprint density at radius 1 is 1.12 bits per heavy atom. The van der Waals surface area contributed by atoms with E-state index in [0.717, 1.165) is 0 Å².